The van der Waals surface area contributed by atoms with Gasteiger partial charge in [0.05, 0.1) is 6.10 Å². The molecule has 0 saturated carbocycles. The van der Waals surface area contributed by atoms with Crippen LogP contribution in [0, 0.1) is 5.92 Å². The van der Waals surface area contributed by atoms with Gasteiger partial charge in [0.15, 0.2) is 0 Å². The van der Waals surface area contributed by atoms with Gasteiger partial charge in [0.1, 0.15) is 12.1 Å². The smallest absolute Gasteiger partial charge is 0.249 e. The van der Waals surface area contributed by atoms with Crippen LogP contribution >= 0.6 is 0 Å². The Balaban J connectivity index is 1.71. The van der Waals surface area contributed by atoms with Crippen molar-refractivity contribution in [3.05, 3.63) is 30.4 Å². The van der Waals surface area contributed by atoms with Crippen molar-refractivity contribution < 1.29 is 14.1 Å². The first kappa shape index (κ1) is 17.5. The zero-order valence-electron chi connectivity index (χ0n) is 14.4. The van der Waals surface area contributed by atoms with Gasteiger partial charge in [-0.05, 0) is 30.9 Å². The zero-order valence-corrected chi connectivity index (χ0v) is 14.4. The first-order valence-electron chi connectivity index (χ1n) is 8.48. The fourth-order valence-corrected chi connectivity index (χ4v) is 2.81. The summed E-state index contributed by atoms with van der Waals surface area (Å²) in [6, 6.07) is 3.27. The Bertz CT molecular complexity index is 703. The molecule has 0 bridgehead atoms. The van der Waals surface area contributed by atoms with Crippen molar-refractivity contribution in [2.75, 3.05) is 6.54 Å². The highest BCUT2D eigenvalue weighted by Gasteiger charge is 2.33. The van der Waals surface area contributed by atoms with Crippen molar-refractivity contribution in [2.24, 2.45) is 11.7 Å². The summed E-state index contributed by atoms with van der Waals surface area (Å²) >= 11 is 0. The van der Waals surface area contributed by atoms with Gasteiger partial charge in [0.2, 0.25) is 17.6 Å². The summed E-state index contributed by atoms with van der Waals surface area (Å²) in [5, 5.41) is 6.96. The summed E-state index contributed by atoms with van der Waals surface area (Å²) in [6.45, 7) is 4.39. The first-order valence-corrected chi connectivity index (χ1v) is 8.48. The molecule has 1 saturated heterocycles. The highest BCUT2D eigenvalue weighted by molar-refractivity contribution is 5.81. The number of amides is 1. The van der Waals surface area contributed by atoms with Gasteiger partial charge in [-0.15, -0.1) is 0 Å². The molecule has 3 heterocycles. The molecule has 2 aromatic rings. The largest absolute Gasteiger partial charge is 0.364 e. The van der Waals surface area contributed by atoms with E-state index < -0.39 is 6.10 Å². The number of hydrogen-bond donors (Lipinski definition) is 2. The molecule has 1 fully saturated rings. The van der Waals surface area contributed by atoms with E-state index in [1.807, 2.05) is 19.9 Å². The number of pyridine rings is 1. The van der Waals surface area contributed by atoms with Crippen molar-refractivity contribution in [2.45, 2.75) is 44.9 Å². The van der Waals surface area contributed by atoms with Gasteiger partial charge in [0.25, 0.3) is 0 Å². The average molecular weight is 345 g/mol. The summed E-state index contributed by atoms with van der Waals surface area (Å²) in [6.07, 6.45) is 4.29. The molecule has 0 radical (unpaired) electrons. The summed E-state index contributed by atoms with van der Waals surface area (Å²) in [7, 11) is 0. The van der Waals surface area contributed by atoms with Gasteiger partial charge < -0.3 is 20.3 Å². The zero-order chi connectivity index (χ0) is 17.8. The van der Waals surface area contributed by atoms with E-state index in [2.05, 4.69) is 20.4 Å². The molecule has 1 unspecified atom stereocenters. The molecule has 1 aliphatic heterocycles. The third kappa shape index (κ3) is 4.02. The second-order valence-corrected chi connectivity index (χ2v) is 6.49. The molecule has 8 heteroatoms. The maximum absolute atomic E-state index is 12.5. The molecule has 0 spiro atoms. The lowest BCUT2D eigenvalue weighted by atomic mass is 10.0. The summed E-state index contributed by atoms with van der Waals surface area (Å²) in [5.41, 5.74) is 6.36. The maximum atomic E-state index is 12.5. The van der Waals surface area contributed by atoms with Gasteiger partial charge in [0, 0.05) is 24.5 Å². The van der Waals surface area contributed by atoms with Crippen molar-refractivity contribution in [1.82, 2.24) is 20.4 Å². The van der Waals surface area contributed by atoms with E-state index in [0.717, 1.165) is 12.0 Å². The highest BCUT2D eigenvalue weighted by atomic mass is 16.5. The predicted octanol–water partition coefficient (Wildman–Crippen LogP) is 1.45. The van der Waals surface area contributed by atoms with E-state index >= 15 is 0 Å². The van der Waals surface area contributed by atoms with Crippen LogP contribution in [-0.2, 0) is 9.53 Å². The normalized spacial score (nSPS) is 21.4. The third-order valence-electron chi connectivity index (χ3n) is 4.25. The number of hydrogen-bond acceptors (Lipinski definition) is 7. The topological polar surface area (TPSA) is 116 Å². The predicted molar refractivity (Wildman–Crippen MR) is 90.2 cm³/mol. The Labute approximate surface area is 146 Å². The van der Waals surface area contributed by atoms with Crippen LogP contribution in [0.25, 0.3) is 11.4 Å². The van der Waals surface area contributed by atoms with Crippen molar-refractivity contribution >= 4 is 5.91 Å². The van der Waals surface area contributed by atoms with Crippen LogP contribution in [0.5, 0.6) is 0 Å². The van der Waals surface area contributed by atoms with Gasteiger partial charge in [-0.25, -0.2) is 0 Å². The molecule has 3 rings (SSSR count). The number of nitrogens with one attached hydrogen (secondary N) is 1. The van der Waals surface area contributed by atoms with Crippen molar-refractivity contribution in [1.29, 1.82) is 0 Å². The van der Waals surface area contributed by atoms with E-state index in [-0.39, 0.29) is 24.0 Å². The molecule has 3 atom stereocenters. The third-order valence-corrected chi connectivity index (χ3v) is 4.25. The molecular weight excluding hydrogens is 322 g/mol. The second kappa shape index (κ2) is 7.71. The summed E-state index contributed by atoms with van der Waals surface area (Å²) in [4.78, 5) is 21.0. The molecule has 1 amide bonds. The average Bonchev–Trinajstić information content (AvgIpc) is 3.29. The molecule has 25 heavy (non-hydrogen) atoms. The van der Waals surface area contributed by atoms with Crippen LogP contribution < -0.4 is 11.1 Å². The monoisotopic (exact) mass is 345 g/mol. The standard InChI is InChI=1S/C17H23N5O3/c1-10(2)14(20-16(23)13-6-5-12(8-18)24-13)17-21-15(22-25-17)11-4-3-7-19-9-11/h3-4,7,9-10,12-14H,5-6,8,18H2,1-2H3,(H,20,23)/t12-,13+,14?/m1/s1. The molecule has 0 aromatic carbocycles. The lowest BCUT2D eigenvalue weighted by Gasteiger charge is -2.21. The number of rotatable bonds is 6. The van der Waals surface area contributed by atoms with Crippen LogP contribution in [0.15, 0.2) is 29.0 Å². The molecule has 2 aromatic heterocycles. The minimum Gasteiger partial charge on any atom is -0.364 e. The van der Waals surface area contributed by atoms with Gasteiger partial charge >= 0.3 is 0 Å². The SMILES string of the molecule is CC(C)C(NC(=O)[C@@H]1CC[C@H](CN)O1)c1nc(-c2cccnc2)no1. The second-order valence-electron chi connectivity index (χ2n) is 6.49. The fraction of sp³-hybridized carbons (Fsp3) is 0.529. The van der Waals surface area contributed by atoms with E-state index in [4.69, 9.17) is 15.0 Å². The van der Waals surface area contributed by atoms with Crippen LogP contribution in [0.2, 0.25) is 0 Å². The van der Waals surface area contributed by atoms with Crippen LogP contribution in [0.3, 0.4) is 0 Å². The molecule has 1 aliphatic rings. The number of nitrogens with zero attached hydrogens (tertiary/aromatic N) is 3. The van der Waals surface area contributed by atoms with Gasteiger partial charge in [-0.2, -0.15) is 4.98 Å². The lowest BCUT2D eigenvalue weighted by molar-refractivity contribution is -0.133. The number of ether oxygens (including phenoxy) is 1. The van der Waals surface area contributed by atoms with E-state index in [1.165, 1.54) is 0 Å². The van der Waals surface area contributed by atoms with E-state index in [0.29, 0.717) is 24.7 Å². The first-order chi connectivity index (χ1) is 12.1. The molecule has 0 aliphatic carbocycles. The fourth-order valence-electron chi connectivity index (χ4n) is 2.81. The molecule has 8 nitrogen and oxygen atoms in total. The van der Waals surface area contributed by atoms with E-state index in [9.17, 15) is 4.79 Å². The molecule has 3 N–H and O–H groups in total. The summed E-state index contributed by atoms with van der Waals surface area (Å²) in [5.74, 6) is 0.729. The minimum atomic E-state index is -0.476. The number of carbonyl (C=O) groups excluding carboxylic acids is 1. The lowest BCUT2D eigenvalue weighted by Crippen LogP contribution is -2.39. The summed E-state index contributed by atoms with van der Waals surface area (Å²) < 4.78 is 11.0. The number of aromatic nitrogens is 3. The Morgan fingerprint density at radius 1 is 1.44 bits per heavy atom. The van der Waals surface area contributed by atoms with Crippen molar-refractivity contribution in [3.63, 3.8) is 0 Å². The molecular formula is C17H23N5O3. The van der Waals surface area contributed by atoms with Crippen LogP contribution in [0.4, 0.5) is 0 Å². The Kier molecular flexibility index (Phi) is 5.40. The highest BCUT2D eigenvalue weighted by Crippen LogP contribution is 2.25. The number of nitrogens with two attached hydrogens (primary N) is 1. The van der Waals surface area contributed by atoms with E-state index in [1.54, 1.807) is 18.5 Å². The van der Waals surface area contributed by atoms with Crippen LogP contribution in [0.1, 0.15) is 38.6 Å². The Morgan fingerprint density at radius 3 is 2.92 bits per heavy atom. The quantitative estimate of drug-likeness (QED) is 0.814. The number of carbonyl (C=O) groups is 1. The van der Waals surface area contributed by atoms with Gasteiger partial charge in [-0.1, -0.05) is 19.0 Å². The maximum Gasteiger partial charge on any atom is 0.249 e. The minimum absolute atomic E-state index is 0.0474. The Hall–Kier alpha value is -2.32. The van der Waals surface area contributed by atoms with Crippen molar-refractivity contribution in [3.8, 4) is 11.4 Å². The van der Waals surface area contributed by atoms with Gasteiger partial charge in [-0.3, -0.25) is 9.78 Å². The van der Waals surface area contributed by atoms with Crippen LogP contribution in [-0.4, -0.2) is 39.8 Å². The molecule has 134 valence electrons. The Morgan fingerprint density at radius 2 is 2.28 bits per heavy atom.